The summed E-state index contributed by atoms with van der Waals surface area (Å²) in [7, 11) is 1.62. The van der Waals surface area contributed by atoms with Crippen LogP contribution in [0.4, 0.5) is 0 Å². The first-order chi connectivity index (χ1) is 17.0. The molecule has 2 amide bonds. The number of amidine groups is 1. The number of hydrazone groups is 1. The molecule has 1 aromatic heterocycles. The smallest absolute Gasteiger partial charge is 0.263 e. The lowest BCUT2D eigenvalue weighted by atomic mass is 10.2. The van der Waals surface area contributed by atoms with Crippen molar-refractivity contribution in [1.82, 2.24) is 20.1 Å². The maximum absolute atomic E-state index is 13.0. The SMILES string of the molecule is CN=C1S[C@@H](CC(=O)NCc2ccccc2)C(=O)N1/N=C\c1c(C)nn(Cc2ccccc2)c1C. The molecule has 0 aliphatic carbocycles. The van der Waals surface area contributed by atoms with E-state index in [1.807, 2.05) is 67.1 Å². The van der Waals surface area contributed by atoms with Gasteiger partial charge in [0.2, 0.25) is 5.91 Å². The predicted octanol–water partition coefficient (Wildman–Crippen LogP) is 3.52. The highest BCUT2D eigenvalue weighted by Gasteiger charge is 2.39. The van der Waals surface area contributed by atoms with Crippen LogP contribution < -0.4 is 5.32 Å². The number of aliphatic imine (C=N–C) groups is 1. The van der Waals surface area contributed by atoms with E-state index in [9.17, 15) is 9.59 Å². The van der Waals surface area contributed by atoms with Crippen molar-refractivity contribution in [1.29, 1.82) is 0 Å². The van der Waals surface area contributed by atoms with Gasteiger partial charge in [0, 0.05) is 31.3 Å². The maximum Gasteiger partial charge on any atom is 0.263 e. The van der Waals surface area contributed by atoms with Gasteiger partial charge in [-0.1, -0.05) is 72.4 Å². The molecular formula is C26H28N6O2S. The van der Waals surface area contributed by atoms with Crippen molar-refractivity contribution in [3.05, 3.63) is 88.7 Å². The Hall–Kier alpha value is -3.72. The van der Waals surface area contributed by atoms with Crippen molar-refractivity contribution >= 4 is 35.0 Å². The maximum atomic E-state index is 13.0. The number of hydrogen-bond acceptors (Lipinski definition) is 6. The van der Waals surface area contributed by atoms with E-state index in [1.54, 1.807) is 13.3 Å². The van der Waals surface area contributed by atoms with Crippen LogP contribution in [0, 0.1) is 13.8 Å². The summed E-state index contributed by atoms with van der Waals surface area (Å²) in [5.41, 5.74) is 4.81. The molecule has 8 nitrogen and oxygen atoms in total. The summed E-state index contributed by atoms with van der Waals surface area (Å²) in [6, 6.07) is 19.8. The van der Waals surface area contributed by atoms with E-state index in [-0.39, 0.29) is 18.2 Å². The molecule has 4 rings (SSSR count). The number of hydrogen-bond donors (Lipinski definition) is 1. The number of nitrogens with zero attached hydrogens (tertiary/aromatic N) is 5. The summed E-state index contributed by atoms with van der Waals surface area (Å²) in [5, 5.41) is 13.2. The molecule has 0 spiro atoms. The number of carbonyl (C=O) groups is 2. The lowest BCUT2D eigenvalue weighted by Gasteiger charge is -2.10. The molecule has 2 aromatic carbocycles. The zero-order valence-corrected chi connectivity index (χ0v) is 20.8. The minimum atomic E-state index is -0.565. The molecule has 2 heterocycles. The fourth-order valence-electron chi connectivity index (χ4n) is 3.80. The van der Waals surface area contributed by atoms with E-state index in [0.717, 1.165) is 28.1 Å². The molecule has 1 aliphatic heterocycles. The van der Waals surface area contributed by atoms with Crippen LogP contribution in [0.1, 0.15) is 34.5 Å². The average molecular weight is 489 g/mol. The van der Waals surface area contributed by atoms with Gasteiger partial charge in [-0.15, -0.1) is 0 Å². The van der Waals surface area contributed by atoms with Crippen molar-refractivity contribution in [2.75, 3.05) is 7.05 Å². The number of aryl methyl sites for hydroxylation is 1. The van der Waals surface area contributed by atoms with Crippen molar-refractivity contribution < 1.29 is 9.59 Å². The van der Waals surface area contributed by atoms with Crippen LogP contribution in [-0.2, 0) is 22.7 Å². The monoisotopic (exact) mass is 488 g/mol. The Morgan fingerprint density at radius 1 is 1.09 bits per heavy atom. The lowest BCUT2D eigenvalue weighted by molar-refractivity contribution is -0.129. The number of benzene rings is 2. The Kier molecular flexibility index (Phi) is 7.77. The molecular weight excluding hydrogens is 460 g/mol. The van der Waals surface area contributed by atoms with Gasteiger partial charge in [0.1, 0.15) is 5.25 Å². The van der Waals surface area contributed by atoms with Gasteiger partial charge in [0.15, 0.2) is 5.17 Å². The quantitative estimate of drug-likeness (QED) is 0.491. The molecule has 1 fully saturated rings. The Bertz CT molecular complexity index is 1250. The van der Waals surface area contributed by atoms with Crippen LogP contribution >= 0.6 is 11.8 Å². The second-order valence-corrected chi connectivity index (χ2v) is 9.37. The van der Waals surface area contributed by atoms with Crippen molar-refractivity contribution in [2.45, 2.75) is 38.6 Å². The van der Waals surface area contributed by atoms with Crippen molar-refractivity contribution in [3.63, 3.8) is 0 Å². The van der Waals surface area contributed by atoms with Gasteiger partial charge in [-0.05, 0) is 25.0 Å². The molecule has 0 bridgehead atoms. The molecule has 0 unspecified atom stereocenters. The first-order valence-corrected chi connectivity index (χ1v) is 12.2. The summed E-state index contributed by atoms with van der Waals surface area (Å²) in [6.45, 7) is 4.99. The van der Waals surface area contributed by atoms with Gasteiger partial charge in [0.05, 0.1) is 18.5 Å². The lowest BCUT2D eigenvalue weighted by Crippen LogP contribution is -2.32. The minimum Gasteiger partial charge on any atom is -0.352 e. The highest BCUT2D eigenvalue weighted by atomic mass is 32.2. The normalized spacial score (nSPS) is 17.0. The van der Waals surface area contributed by atoms with Gasteiger partial charge < -0.3 is 5.32 Å². The van der Waals surface area contributed by atoms with Gasteiger partial charge in [-0.2, -0.15) is 15.2 Å². The molecule has 180 valence electrons. The topological polar surface area (TPSA) is 91.9 Å². The van der Waals surface area contributed by atoms with Crippen LogP contribution in [0.2, 0.25) is 0 Å². The number of amides is 2. The fraction of sp³-hybridized carbons (Fsp3) is 0.269. The predicted molar refractivity (Wildman–Crippen MR) is 139 cm³/mol. The molecule has 0 saturated carbocycles. The Labute approximate surface area is 209 Å². The second-order valence-electron chi connectivity index (χ2n) is 8.20. The third-order valence-corrected chi connectivity index (χ3v) is 6.94. The standard InChI is InChI=1S/C26H28N6O2S/c1-18-22(19(2)31(30-18)17-21-12-8-5-9-13-21)16-29-32-25(34)23(35-26(32)27-3)14-24(33)28-15-20-10-6-4-7-11-20/h4-13,16,23H,14-15,17H2,1-3H3,(H,28,33)/b27-26?,29-16-/t23-/m0/s1. The molecule has 0 radical (unpaired) electrons. The van der Waals surface area contributed by atoms with E-state index in [0.29, 0.717) is 18.3 Å². The van der Waals surface area contributed by atoms with Crippen LogP contribution in [0.5, 0.6) is 0 Å². The Morgan fingerprint density at radius 3 is 2.40 bits per heavy atom. The van der Waals surface area contributed by atoms with E-state index in [4.69, 9.17) is 0 Å². The largest absolute Gasteiger partial charge is 0.352 e. The average Bonchev–Trinajstić information content (AvgIpc) is 3.31. The highest BCUT2D eigenvalue weighted by molar-refractivity contribution is 8.15. The molecule has 35 heavy (non-hydrogen) atoms. The van der Waals surface area contributed by atoms with E-state index in [2.05, 4.69) is 32.6 Å². The minimum absolute atomic E-state index is 0.0639. The Morgan fingerprint density at radius 2 is 1.74 bits per heavy atom. The number of rotatable bonds is 8. The molecule has 1 aliphatic rings. The summed E-state index contributed by atoms with van der Waals surface area (Å²) in [4.78, 5) is 29.7. The first kappa shape index (κ1) is 24.4. The third kappa shape index (κ3) is 5.86. The van der Waals surface area contributed by atoms with E-state index in [1.165, 1.54) is 16.8 Å². The summed E-state index contributed by atoms with van der Waals surface area (Å²) in [5.74, 6) is -0.441. The van der Waals surface area contributed by atoms with Crippen LogP contribution in [0.3, 0.4) is 0 Å². The Balaban J connectivity index is 1.42. The summed E-state index contributed by atoms with van der Waals surface area (Å²) in [6.07, 6.45) is 1.72. The van der Waals surface area contributed by atoms with Gasteiger partial charge in [-0.3, -0.25) is 19.3 Å². The van der Waals surface area contributed by atoms with Crippen molar-refractivity contribution in [2.24, 2.45) is 10.1 Å². The zero-order chi connectivity index (χ0) is 24.8. The van der Waals surface area contributed by atoms with Gasteiger partial charge in [-0.25, -0.2) is 0 Å². The van der Waals surface area contributed by atoms with Crippen LogP contribution in [0.15, 0.2) is 70.8 Å². The van der Waals surface area contributed by atoms with Crippen molar-refractivity contribution in [3.8, 4) is 0 Å². The fourth-order valence-corrected chi connectivity index (χ4v) is 4.83. The molecule has 9 heteroatoms. The highest BCUT2D eigenvalue weighted by Crippen LogP contribution is 2.30. The van der Waals surface area contributed by atoms with E-state index < -0.39 is 5.25 Å². The first-order valence-electron chi connectivity index (χ1n) is 11.4. The molecule has 3 aromatic rings. The number of nitrogens with one attached hydrogen (secondary N) is 1. The van der Waals surface area contributed by atoms with Gasteiger partial charge in [0.25, 0.3) is 5.91 Å². The summed E-state index contributed by atoms with van der Waals surface area (Å²) < 4.78 is 1.93. The molecule has 1 saturated heterocycles. The zero-order valence-electron chi connectivity index (χ0n) is 20.0. The number of aromatic nitrogens is 2. The number of thioether (sulfide) groups is 1. The van der Waals surface area contributed by atoms with Gasteiger partial charge >= 0.3 is 0 Å². The second kappa shape index (κ2) is 11.1. The molecule has 1 atom stereocenters. The van der Waals surface area contributed by atoms with E-state index >= 15 is 0 Å². The number of carbonyl (C=O) groups excluding carboxylic acids is 2. The molecule has 1 N–H and O–H groups in total. The van der Waals surface area contributed by atoms with Crippen LogP contribution in [-0.4, -0.2) is 50.3 Å². The van der Waals surface area contributed by atoms with Crippen LogP contribution in [0.25, 0.3) is 0 Å². The third-order valence-electron chi connectivity index (χ3n) is 5.72. The summed E-state index contributed by atoms with van der Waals surface area (Å²) >= 11 is 1.26.